The number of rotatable bonds is 1. The number of hydrogen-bond donors (Lipinski definition) is 2. The van der Waals surface area contributed by atoms with Crippen LogP contribution in [0.3, 0.4) is 0 Å². The summed E-state index contributed by atoms with van der Waals surface area (Å²) in [6.07, 6.45) is 2.36. The first-order valence-electron chi connectivity index (χ1n) is 3.76. The molecule has 1 amide bonds. The van der Waals surface area contributed by atoms with Crippen molar-refractivity contribution in [1.82, 2.24) is 5.43 Å². The van der Waals surface area contributed by atoms with Gasteiger partial charge in [-0.05, 0) is 12.8 Å². The molecule has 1 fully saturated rings. The number of carbonyl (C=O) groups excluding carboxylic acids is 2. The van der Waals surface area contributed by atoms with Crippen LogP contribution in [0, 0.1) is 5.92 Å². The van der Waals surface area contributed by atoms with E-state index in [9.17, 15) is 9.59 Å². The zero-order valence-corrected chi connectivity index (χ0v) is 6.30. The van der Waals surface area contributed by atoms with Crippen molar-refractivity contribution >= 4 is 11.7 Å². The number of hydrazine groups is 1. The Morgan fingerprint density at radius 3 is 2.45 bits per heavy atom. The summed E-state index contributed by atoms with van der Waals surface area (Å²) < 4.78 is 0. The lowest BCUT2D eigenvalue weighted by molar-refractivity contribution is -0.128. The number of carbonyl (C=O) groups is 2. The van der Waals surface area contributed by atoms with Crippen molar-refractivity contribution in [3.63, 3.8) is 0 Å². The van der Waals surface area contributed by atoms with E-state index in [1.807, 2.05) is 0 Å². The van der Waals surface area contributed by atoms with Crippen molar-refractivity contribution in [3.8, 4) is 0 Å². The van der Waals surface area contributed by atoms with Crippen molar-refractivity contribution < 1.29 is 9.59 Å². The van der Waals surface area contributed by atoms with E-state index in [4.69, 9.17) is 5.84 Å². The molecule has 0 aromatic heterocycles. The molecule has 0 saturated heterocycles. The molecule has 0 spiro atoms. The monoisotopic (exact) mass is 156 g/mol. The largest absolute Gasteiger partial charge is 0.300 e. The Hall–Kier alpha value is -0.900. The van der Waals surface area contributed by atoms with E-state index in [1.165, 1.54) is 0 Å². The number of Topliss-reactive ketones (excluding diaryl/α,β-unsaturated/α-hetero) is 1. The van der Waals surface area contributed by atoms with Gasteiger partial charge in [0.1, 0.15) is 5.78 Å². The Kier molecular flexibility index (Phi) is 2.59. The van der Waals surface area contributed by atoms with Crippen molar-refractivity contribution in [2.75, 3.05) is 0 Å². The van der Waals surface area contributed by atoms with E-state index in [0.717, 1.165) is 0 Å². The zero-order chi connectivity index (χ0) is 8.27. The highest BCUT2D eigenvalue weighted by Gasteiger charge is 2.23. The average Bonchev–Trinajstić information content (AvgIpc) is 2.05. The molecule has 4 nitrogen and oxygen atoms in total. The normalized spacial score (nSPS) is 19.9. The second kappa shape index (κ2) is 3.48. The minimum absolute atomic E-state index is 0.0438. The first kappa shape index (κ1) is 8.20. The molecular weight excluding hydrogens is 144 g/mol. The van der Waals surface area contributed by atoms with Gasteiger partial charge in [-0.2, -0.15) is 0 Å². The smallest absolute Gasteiger partial charge is 0.237 e. The number of amides is 1. The summed E-state index contributed by atoms with van der Waals surface area (Å²) in [4.78, 5) is 21.7. The number of hydrogen-bond acceptors (Lipinski definition) is 3. The lowest BCUT2D eigenvalue weighted by Gasteiger charge is -2.18. The Labute approximate surface area is 65.1 Å². The van der Waals surface area contributed by atoms with E-state index in [0.29, 0.717) is 25.7 Å². The molecule has 1 aliphatic carbocycles. The van der Waals surface area contributed by atoms with E-state index in [1.54, 1.807) is 0 Å². The van der Waals surface area contributed by atoms with Crippen molar-refractivity contribution in [3.05, 3.63) is 0 Å². The van der Waals surface area contributed by atoms with E-state index in [-0.39, 0.29) is 17.6 Å². The molecule has 0 heterocycles. The first-order valence-corrected chi connectivity index (χ1v) is 3.76. The van der Waals surface area contributed by atoms with Crippen LogP contribution in [-0.4, -0.2) is 11.7 Å². The van der Waals surface area contributed by atoms with Gasteiger partial charge in [0, 0.05) is 18.8 Å². The molecule has 62 valence electrons. The highest BCUT2D eigenvalue weighted by Crippen LogP contribution is 2.20. The third kappa shape index (κ3) is 2.01. The van der Waals surface area contributed by atoms with Gasteiger partial charge in [-0.25, -0.2) is 5.84 Å². The van der Waals surface area contributed by atoms with Crippen LogP contribution in [0.5, 0.6) is 0 Å². The summed E-state index contributed by atoms with van der Waals surface area (Å²) >= 11 is 0. The van der Waals surface area contributed by atoms with Crippen LogP contribution < -0.4 is 11.3 Å². The lowest BCUT2D eigenvalue weighted by Crippen LogP contribution is -2.37. The molecular formula is C7H12N2O2. The van der Waals surface area contributed by atoms with Gasteiger partial charge < -0.3 is 0 Å². The average molecular weight is 156 g/mol. The van der Waals surface area contributed by atoms with Gasteiger partial charge in [0.25, 0.3) is 0 Å². The van der Waals surface area contributed by atoms with E-state index in [2.05, 4.69) is 5.43 Å². The molecule has 0 atom stereocenters. The fraction of sp³-hybridized carbons (Fsp3) is 0.714. The number of ketones is 1. The standard InChI is InChI=1S/C7H12N2O2/c8-9-7(11)5-1-3-6(10)4-2-5/h5H,1-4,8H2,(H,9,11). The molecule has 1 aliphatic rings. The Bertz CT molecular complexity index is 169. The van der Waals surface area contributed by atoms with Gasteiger partial charge in [-0.3, -0.25) is 15.0 Å². The van der Waals surface area contributed by atoms with Crippen LogP contribution in [-0.2, 0) is 9.59 Å². The Morgan fingerprint density at radius 1 is 1.45 bits per heavy atom. The number of nitrogens with two attached hydrogens (primary N) is 1. The molecule has 0 aliphatic heterocycles. The molecule has 0 unspecified atom stereocenters. The van der Waals surface area contributed by atoms with Gasteiger partial charge in [-0.1, -0.05) is 0 Å². The minimum Gasteiger partial charge on any atom is -0.300 e. The Balaban J connectivity index is 2.39. The predicted octanol–water partition coefficient (Wildman–Crippen LogP) is -0.264. The van der Waals surface area contributed by atoms with Crippen LogP contribution >= 0.6 is 0 Å². The summed E-state index contributed by atoms with van der Waals surface area (Å²) in [5, 5.41) is 0. The summed E-state index contributed by atoms with van der Waals surface area (Å²) in [7, 11) is 0. The number of nitrogens with one attached hydrogen (secondary N) is 1. The quantitative estimate of drug-likeness (QED) is 0.312. The lowest BCUT2D eigenvalue weighted by atomic mass is 9.88. The molecule has 1 saturated carbocycles. The van der Waals surface area contributed by atoms with Crippen LogP contribution in [0.4, 0.5) is 0 Å². The van der Waals surface area contributed by atoms with Gasteiger partial charge in [0.2, 0.25) is 5.91 Å². The molecule has 0 bridgehead atoms. The van der Waals surface area contributed by atoms with E-state index < -0.39 is 0 Å². The highest BCUT2D eigenvalue weighted by molar-refractivity contribution is 5.84. The summed E-state index contributed by atoms with van der Waals surface area (Å²) in [5.74, 6) is 5.02. The molecule has 11 heavy (non-hydrogen) atoms. The van der Waals surface area contributed by atoms with Crippen LogP contribution in [0.1, 0.15) is 25.7 Å². The fourth-order valence-corrected chi connectivity index (χ4v) is 1.32. The maximum absolute atomic E-state index is 10.9. The van der Waals surface area contributed by atoms with Crippen molar-refractivity contribution in [2.24, 2.45) is 11.8 Å². The minimum atomic E-state index is -0.141. The molecule has 4 heteroatoms. The van der Waals surface area contributed by atoms with Crippen LogP contribution in [0.25, 0.3) is 0 Å². The Morgan fingerprint density at radius 2 is 2.00 bits per heavy atom. The topological polar surface area (TPSA) is 72.2 Å². The third-order valence-electron chi connectivity index (χ3n) is 2.06. The summed E-state index contributed by atoms with van der Waals surface area (Å²) in [6.45, 7) is 0. The van der Waals surface area contributed by atoms with E-state index >= 15 is 0 Å². The molecule has 3 N–H and O–H groups in total. The second-order valence-electron chi connectivity index (χ2n) is 2.82. The third-order valence-corrected chi connectivity index (χ3v) is 2.06. The van der Waals surface area contributed by atoms with Crippen LogP contribution in [0.2, 0.25) is 0 Å². The summed E-state index contributed by atoms with van der Waals surface area (Å²) in [6, 6.07) is 0. The zero-order valence-electron chi connectivity index (χ0n) is 6.30. The van der Waals surface area contributed by atoms with Gasteiger partial charge >= 0.3 is 0 Å². The second-order valence-corrected chi connectivity index (χ2v) is 2.82. The molecule has 0 aromatic carbocycles. The van der Waals surface area contributed by atoms with Crippen molar-refractivity contribution in [1.29, 1.82) is 0 Å². The predicted molar refractivity (Wildman–Crippen MR) is 39.3 cm³/mol. The maximum Gasteiger partial charge on any atom is 0.237 e. The maximum atomic E-state index is 10.9. The first-order chi connectivity index (χ1) is 5.24. The van der Waals surface area contributed by atoms with Gasteiger partial charge in [0.05, 0.1) is 0 Å². The van der Waals surface area contributed by atoms with Crippen molar-refractivity contribution in [2.45, 2.75) is 25.7 Å². The highest BCUT2D eigenvalue weighted by atomic mass is 16.2. The fourth-order valence-electron chi connectivity index (χ4n) is 1.32. The SMILES string of the molecule is NNC(=O)C1CCC(=O)CC1. The van der Waals surface area contributed by atoms with Crippen LogP contribution in [0.15, 0.2) is 0 Å². The summed E-state index contributed by atoms with van der Waals surface area (Å²) in [5.41, 5.74) is 2.10. The molecule has 0 radical (unpaired) electrons. The molecule has 0 aromatic rings. The van der Waals surface area contributed by atoms with Gasteiger partial charge in [-0.15, -0.1) is 0 Å². The van der Waals surface area contributed by atoms with Gasteiger partial charge in [0.15, 0.2) is 0 Å². The molecule has 1 rings (SSSR count).